The normalized spacial score (nSPS) is 10.2. The van der Waals surface area contributed by atoms with E-state index in [0.717, 1.165) is 10.2 Å². The van der Waals surface area contributed by atoms with Gasteiger partial charge < -0.3 is 4.40 Å². The summed E-state index contributed by atoms with van der Waals surface area (Å²) >= 11 is 3.33. The van der Waals surface area contributed by atoms with Gasteiger partial charge in [-0.05, 0) is 28.9 Å². The Hall–Kier alpha value is -1.34. The summed E-state index contributed by atoms with van der Waals surface area (Å²) in [6.07, 6.45) is 3.77. The van der Waals surface area contributed by atoms with Crippen LogP contribution in [0.1, 0.15) is 11.3 Å². The van der Waals surface area contributed by atoms with Crippen LogP contribution in [-0.2, 0) is 0 Å². The van der Waals surface area contributed by atoms with Crippen LogP contribution in [-0.4, -0.2) is 9.38 Å². The third kappa shape index (κ3) is 1.31. The molecule has 0 N–H and O–H groups in total. The smallest absolute Gasteiger partial charge is 0.155 e. The van der Waals surface area contributed by atoms with Gasteiger partial charge in [-0.3, -0.25) is 0 Å². The number of hydrogen-bond acceptors (Lipinski definition) is 2. The molecule has 13 heavy (non-hydrogen) atoms. The number of aryl methyl sites for hydroxylation is 1. The van der Waals surface area contributed by atoms with Gasteiger partial charge in [0.25, 0.3) is 0 Å². The van der Waals surface area contributed by atoms with E-state index in [1.54, 1.807) is 6.07 Å². The van der Waals surface area contributed by atoms with Crippen LogP contribution in [0.4, 0.5) is 0 Å². The number of fused-ring (bicyclic) bond motifs is 1. The summed E-state index contributed by atoms with van der Waals surface area (Å²) < 4.78 is 2.73. The van der Waals surface area contributed by atoms with Gasteiger partial charge in [-0.25, -0.2) is 4.98 Å². The van der Waals surface area contributed by atoms with Crippen LogP contribution < -0.4 is 0 Å². The molecule has 0 aliphatic rings. The second-order valence-electron chi connectivity index (χ2n) is 2.80. The maximum absolute atomic E-state index is 8.85. The zero-order valence-corrected chi connectivity index (χ0v) is 8.54. The highest BCUT2D eigenvalue weighted by Gasteiger charge is 2.04. The highest BCUT2D eigenvalue weighted by atomic mass is 79.9. The predicted molar refractivity (Wildman–Crippen MR) is 52.3 cm³/mol. The minimum Gasteiger partial charge on any atom is -0.305 e. The fourth-order valence-corrected chi connectivity index (χ4v) is 1.72. The van der Waals surface area contributed by atoms with Gasteiger partial charge in [-0.15, -0.1) is 0 Å². The topological polar surface area (TPSA) is 41.1 Å². The van der Waals surface area contributed by atoms with Gasteiger partial charge in [0.05, 0.1) is 11.3 Å². The van der Waals surface area contributed by atoms with E-state index in [2.05, 4.69) is 27.0 Å². The molecule has 0 aromatic carbocycles. The lowest BCUT2D eigenvalue weighted by atomic mass is 10.3. The van der Waals surface area contributed by atoms with E-state index in [1.807, 2.05) is 23.7 Å². The van der Waals surface area contributed by atoms with E-state index >= 15 is 0 Å². The SMILES string of the molecule is Cc1cn2cc(Br)cc(C#N)c2n1. The molecule has 3 nitrogen and oxygen atoms in total. The number of nitrogens with zero attached hydrogens (tertiary/aromatic N) is 3. The predicted octanol–water partition coefficient (Wildman–Crippen LogP) is 2.28. The maximum Gasteiger partial charge on any atom is 0.155 e. The maximum atomic E-state index is 8.85. The molecule has 0 bridgehead atoms. The van der Waals surface area contributed by atoms with Gasteiger partial charge in [-0.2, -0.15) is 5.26 Å². The third-order valence-corrected chi connectivity index (χ3v) is 2.19. The molecule has 64 valence electrons. The second-order valence-corrected chi connectivity index (χ2v) is 3.71. The fraction of sp³-hybridized carbons (Fsp3) is 0.111. The van der Waals surface area contributed by atoms with E-state index in [0.29, 0.717) is 11.2 Å². The average molecular weight is 236 g/mol. The van der Waals surface area contributed by atoms with Crippen molar-refractivity contribution < 1.29 is 0 Å². The third-order valence-electron chi connectivity index (χ3n) is 1.76. The van der Waals surface area contributed by atoms with Gasteiger partial charge in [0.15, 0.2) is 5.65 Å². The Balaban J connectivity index is 2.90. The van der Waals surface area contributed by atoms with Gasteiger partial charge in [0.1, 0.15) is 6.07 Å². The Morgan fingerprint density at radius 1 is 1.54 bits per heavy atom. The molecule has 0 aliphatic heterocycles. The van der Waals surface area contributed by atoms with E-state index in [4.69, 9.17) is 5.26 Å². The lowest BCUT2D eigenvalue weighted by Crippen LogP contribution is -1.87. The molecule has 2 aromatic heterocycles. The first-order valence-electron chi connectivity index (χ1n) is 3.75. The number of nitriles is 1. The Labute approximate surface area is 83.8 Å². The van der Waals surface area contributed by atoms with Gasteiger partial charge in [0.2, 0.25) is 0 Å². The molecule has 0 unspecified atom stereocenters. The molecule has 0 fully saturated rings. The number of hydrogen-bond donors (Lipinski definition) is 0. The molecule has 0 atom stereocenters. The first kappa shape index (κ1) is 8.27. The van der Waals surface area contributed by atoms with Crippen LogP contribution in [0.25, 0.3) is 5.65 Å². The quantitative estimate of drug-likeness (QED) is 0.704. The van der Waals surface area contributed by atoms with Crippen LogP contribution >= 0.6 is 15.9 Å². The van der Waals surface area contributed by atoms with Crippen molar-refractivity contribution in [2.24, 2.45) is 0 Å². The summed E-state index contributed by atoms with van der Waals surface area (Å²) in [5, 5.41) is 8.85. The molecule has 0 saturated carbocycles. The lowest BCUT2D eigenvalue weighted by molar-refractivity contribution is 1.16. The van der Waals surface area contributed by atoms with Gasteiger partial charge in [0, 0.05) is 16.9 Å². The molecule has 0 amide bonds. The van der Waals surface area contributed by atoms with Crippen molar-refractivity contribution in [2.75, 3.05) is 0 Å². The summed E-state index contributed by atoms with van der Waals surface area (Å²) in [5.74, 6) is 0. The lowest BCUT2D eigenvalue weighted by Gasteiger charge is -1.96. The van der Waals surface area contributed by atoms with Crippen molar-refractivity contribution >= 4 is 21.6 Å². The monoisotopic (exact) mass is 235 g/mol. The summed E-state index contributed by atoms with van der Waals surface area (Å²) in [4.78, 5) is 4.24. The fourth-order valence-electron chi connectivity index (χ4n) is 1.27. The van der Waals surface area contributed by atoms with Crippen molar-refractivity contribution in [3.8, 4) is 6.07 Å². The molecule has 0 aliphatic carbocycles. The van der Waals surface area contributed by atoms with Crippen molar-refractivity contribution in [3.05, 3.63) is 34.2 Å². The Morgan fingerprint density at radius 2 is 2.31 bits per heavy atom. The summed E-state index contributed by atoms with van der Waals surface area (Å²) in [5.41, 5.74) is 2.21. The molecule has 4 heteroatoms. The first-order valence-corrected chi connectivity index (χ1v) is 4.55. The zero-order chi connectivity index (χ0) is 9.42. The minimum atomic E-state index is 0.586. The largest absolute Gasteiger partial charge is 0.305 e. The van der Waals surface area contributed by atoms with E-state index in [1.165, 1.54) is 0 Å². The van der Waals surface area contributed by atoms with E-state index in [9.17, 15) is 0 Å². The number of halogens is 1. The number of pyridine rings is 1. The molecule has 2 rings (SSSR count). The number of imidazole rings is 1. The van der Waals surface area contributed by atoms with Crippen LogP contribution in [0.15, 0.2) is 22.9 Å². The van der Waals surface area contributed by atoms with Crippen molar-refractivity contribution in [1.29, 1.82) is 5.26 Å². The molecule has 0 spiro atoms. The summed E-state index contributed by atoms with van der Waals surface area (Å²) in [6, 6.07) is 3.88. The highest BCUT2D eigenvalue weighted by Crippen LogP contribution is 2.16. The second kappa shape index (κ2) is 2.86. The van der Waals surface area contributed by atoms with Gasteiger partial charge in [-0.1, -0.05) is 0 Å². The summed E-state index contributed by atoms with van der Waals surface area (Å²) in [7, 11) is 0. The van der Waals surface area contributed by atoms with Crippen LogP contribution in [0.3, 0.4) is 0 Å². The van der Waals surface area contributed by atoms with Crippen molar-refractivity contribution in [1.82, 2.24) is 9.38 Å². The molecule has 2 heterocycles. The Bertz CT molecular complexity index is 507. The minimum absolute atomic E-state index is 0.586. The first-order chi connectivity index (χ1) is 6.20. The number of aromatic nitrogens is 2. The average Bonchev–Trinajstić information content (AvgIpc) is 2.43. The van der Waals surface area contributed by atoms with E-state index in [-0.39, 0.29) is 0 Å². The van der Waals surface area contributed by atoms with Crippen molar-refractivity contribution in [3.63, 3.8) is 0 Å². The number of rotatable bonds is 0. The zero-order valence-electron chi connectivity index (χ0n) is 6.95. The van der Waals surface area contributed by atoms with Crippen molar-refractivity contribution in [2.45, 2.75) is 6.92 Å². The molecule has 2 aromatic rings. The Kier molecular flexibility index (Phi) is 1.82. The van der Waals surface area contributed by atoms with Crippen LogP contribution in [0.2, 0.25) is 0 Å². The Morgan fingerprint density at radius 3 is 3.00 bits per heavy atom. The molecular weight excluding hydrogens is 230 g/mol. The van der Waals surface area contributed by atoms with E-state index < -0.39 is 0 Å². The molecule has 0 saturated heterocycles. The molecular formula is C9H6BrN3. The highest BCUT2D eigenvalue weighted by molar-refractivity contribution is 9.10. The summed E-state index contributed by atoms with van der Waals surface area (Å²) in [6.45, 7) is 1.90. The van der Waals surface area contributed by atoms with Gasteiger partial charge >= 0.3 is 0 Å². The van der Waals surface area contributed by atoms with Crippen LogP contribution in [0, 0.1) is 18.3 Å². The van der Waals surface area contributed by atoms with Crippen LogP contribution in [0.5, 0.6) is 0 Å². The molecule has 0 radical (unpaired) electrons. The standard InChI is InChI=1S/C9H6BrN3/c1-6-4-13-5-8(10)2-7(3-11)9(13)12-6/h2,4-5H,1H3.